The van der Waals surface area contributed by atoms with E-state index in [9.17, 15) is 0 Å². The summed E-state index contributed by atoms with van der Waals surface area (Å²) in [5.41, 5.74) is 10.8. The van der Waals surface area contributed by atoms with Gasteiger partial charge in [-0.25, -0.2) is 0 Å². The van der Waals surface area contributed by atoms with Crippen LogP contribution in [0.5, 0.6) is 0 Å². The van der Waals surface area contributed by atoms with Gasteiger partial charge >= 0.3 is 35.3 Å². The van der Waals surface area contributed by atoms with Crippen LogP contribution in [0.3, 0.4) is 0 Å². The summed E-state index contributed by atoms with van der Waals surface area (Å²) in [4.78, 5) is 0. The van der Waals surface area contributed by atoms with Gasteiger partial charge in [0.15, 0.2) is 0 Å². The van der Waals surface area contributed by atoms with Gasteiger partial charge < -0.3 is 0 Å². The third-order valence-corrected chi connectivity index (χ3v) is 4.65. The topological polar surface area (TPSA) is 0 Å². The molecule has 0 fully saturated rings. The first-order chi connectivity index (χ1) is 15.4. The van der Waals surface area contributed by atoms with Gasteiger partial charge in [0.25, 0.3) is 0 Å². The van der Waals surface area contributed by atoms with Crippen molar-refractivity contribution in [1.29, 1.82) is 0 Å². The van der Waals surface area contributed by atoms with Crippen molar-refractivity contribution in [3.63, 3.8) is 0 Å². The van der Waals surface area contributed by atoms with E-state index in [-0.39, 0.29) is 0 Å². The van der Waals surface area contributed by atoms with Crippen LogP contribution in [-0.2, 0) is 16.5 Å². The molecule has 0 amide bonds. The summed E-state index contributed by atoms with van der Waals surface area (Å²) in [6, 6.07) is 30.0. The van der Waals surface area contributed by atoms with Crippen LogP contribution >= 0.6 is 18.8 Å². The molecule has 0 atom stereocenters. The molecule has 171 valence electrons. The summed E-state index contributed by atoms with van der Waals surface area (Å²) in [5.74, 6) is 0. The summed E-state index contributed by atoms with van der Waals surface area (Å²) >= 11 is -0.806. The Labute approximate surface area is 213 Å². The van der Waals surface area contributed by atoms with Crippen LogP contribution in [-0.4, -0.2) is 9.52 Å². The summed E-state index contributed by atoms with van der Waals surface area (Å²) < 4.78 is 0. The van der Waals surface area contributed by atoms with E-state index in [1.807, 2.05) is 0 Å². The molecule has 0 unspecified atom stereocenters. The zero-order valence-electron chi connectivity index (χ0n) is 19.8. The summed E-state index contributed by atoms with van der Waals surface area (Å²) in [7, 11) is 10.6. The Bertz CT molecular complexity index is 921. The van der Waals surface area contributed by atoms with Crippen LogP contribution < -0.4 is 0 Å². The molecule has 4 heteroatoms. The number of rotatable bonds is 2. The molecule has 0 spiro atoms. The molecule has 0 N–H and O–H groups in total. The first-order valence-electron chi connectivity index (χ1n) is 10.6. The SMILES string of the molecule is C[SiH]C.Cc1cc(C)c(-c2ccccc2)[cH-]1.Cc1cc(C)c(-c2ccccc2)[cH-]1.[Cl][W][Cl]. The van der Waals surface area contributed by atoms with E-state index in [0.717, 1.165) is 9.52 Å². The van der Waals surface area contributed by atoms with E-state index in [2.05, 4.69) is 126 Å². The van der Waals surface area contributed by atoms with Gasteiger partial charge in [0.2, 0.25) is 0 Å². The molecule has 0 aliphatic carbocycles. The Balaban J connectivity index is 0.000000258. The van der Waals surface area contributed by atoms with Gasteiger partial charge in [-0.1, -0.05) is 113 Å². The number of halogens is 2. The zero-order chi connectivity index (χ0) is 23.9. The standard InChI is InChI=1S/2C13H13.C2H7Si.2ClH.W/c2*1-10-8-11(2)13(9-10)12-6-4-3-5-7-12;1-3-2;;;/h2*3-9H,1-2H3;3H,1-2H3;2*1H;/q2*-1;;;;+2/p-2. The Morgan fingerprint density at radius 1 is 0.625 bits per heavy atom. The first kappa shape index (κ1) is 28.7. The van der Waals surface area contributed by atoms with Crippen LogP contribution in [0.15, 0.2) is 84.9 Å². The summed E-state index contributed by atoms with van der Waals surface area (Å²) in [6.45, 7) is 13.0. The number of hydrogen-bond acceptors (Lipinski definition) is 0. The normalized spacial score (nSPS) is 9.50. The fraction of sp³-hybridized carbons (Fsp3) is 0.214. The molecule has 4 rings (SSSR count). The van der Waals surface area contributed by atoms with Crippen molar-refractivity contribution >= 4 is 28.4 Å². The van der Waals surface area contributed by atoms with Gasteiger partial charge in [-0.3, -0.25) is 0 Å². The minimum atomic E-state index is -0.806. The fourth-order valence-corrected chi connectivity index (χ4v) is 3.46. The van der Waals surface area contributed by atoms with Gasteiger partial charge in [0, 0.05) is 9.52 Å². The van der Waals surface area contributed by atoms with Gasteiger partial charge in [-0.15, -0.1) is 34.4 Å². The maximum absolute atomic E-state index is 4.93. The Kier molecular flexibility index (Phi) is 14.6. The Hall–Kier alpha value is -1.37. The molecule has 0 aromatic heterocycles. The third kappa shape index (κ3) is 10.0. The van der Waals surface area contributed by atoms with Crippen molar-refractivity contribution in [3.8, 4) is 22.3 Å². The fourth-order valence-electron chi connectivity index (χ4n) is 3.46. The average molecular weight is 652 g/mol. The predicted octanol–water partition coefficient (Wildman–Crippen LogP) is 9.27. The number of benzene rings is 2. The monoisotopic (exact) mass is 651 g/mol. The van der Waals surface area contributed by atoms with Crippen molar-refractivity contribution in [1.82, 2.24) is 0 Å². The summed E-state index contributed by atoms with van der Waals surface area (Å²) in [6.07, 6.45) is 0. The van der Waals surface area contributed by atoms with Crippen molar-refractivity contribution < 1.29 is 16.5 Å². The molecular weight excluding hydrogens is 619 g/mol. The second kappa shape index (κ2) is 16.3. The number of hydrogen-bond donors (Lipinski definition) is 0. The molecule has 0 saturated carbocycles. The van der Waals surface area contributed by atoms with E-state index in [0.29, 0.717) is 0 Å². The molecule has 0 bridgehead atoms. The van der Waals surface area contributed by atoms with E-state index in [4.69, 9.17) is 18.8 Å². The minimum absolute atomic E-state index is 0.750. The van der Waals surface area contributed by atoms with Crippen molar-refractivity contribution in [2.24, 2.45) is 0 Å². The van der Waals surface area contributed by atoms with Gasteiger partial charge in [-0.05, 0) is 0 Å². The Morgan fingerprint density at radius 2 is 0.906 bits per heavy atom. The quantitative estimate of drug-likeness (QED) is 0.150. The second-order valence-electron chi connectivity index (χ2n) is 7.63. The molecule has 0 saturated heterocycles. The van der Waals surface area contributed by atoms with Crippen LogP contribution in [0, 0.1) is 27.7 Å². The molecule has 1 radical (unpaired) electrons. The third-order valence-electron chi connectivity index (χ3n) is 4.65. The first-order valence-corrected chi connectivity index (χ1v) is 20.2. The van der Waals surface area contributed by atoms with E-state index in [1.165, 1.54) is 44.5 Å². The van der Waals surface area contributed by atoms with Crippen molar-refractivity contribution in [2.75, 3.05) is 0 Å². The molecule has 0 aliphatic rings. The molecule has 0 heterocycles. The average Bonchev–Trinajstić information content (AvgIpc) is 3.30. The van der Waals surface area contributed by atoms with Crippen LogP contribution in [0.1, 0.15) is 22.3 Å². The summed E-state index contributed by atoms with van der Waals surface area (Å²) in [5, 5.41) is 0. The van der Waals surface area contributed by atoms with Crippen molar-refractivity contribution in [3.05, 3.63) is 107 Å². The van der Waals surface area contributed by atoms with Gasteiger partial charge in [0.05, 0.1) is 0 Å². The number of aryl methyl sites for hydroxylation is 4. The van der Waals surface area contributed by atoms with Crippen LogP contribution in [0.4, 0.5) is 0 Å². The van der Waals surface area contributed by atoms with Gasteiger partial charge in [0.1, 0.15) is 0 Å². The van der Waals surface area contributed by atoms with E-state index >= 15 is 0 Å². The zero-order valence-corrected chi connectivity index (χ0v) is 25.4. The van der Waals surface area contributed by atoms with E-state index < -0.39 is 16.5 Å². The molecule has 0 nitrogen and oxygen atoms in total. The van der Waals surface area contributed by atoms with Gasteiger partial charge in [-0.2, -0.15) is 23.3 Å². The molecule has 32 heavy (non-hydrogen) atoms. The molecular formula is C28H33Cl2SiW-2. The molecule has 4 aromatic carbocycles. The Morgan fingerprint density at radius 3 is 1.12 bits per heavy atom. The predicted molar refractivity (Wildman–Crippen MR) is 144 cm³/mol. The van der Waals surface area contributed by atoms with E-state index in [1.54, 1.807) is 0 Å². The van der Waals surface area contributed by atoms with Crippen LogP contribution in [0.25, 0.3) is 22.3 Å². The molecule has 0 aliphatic heterocycles. The maximum atomic E-state index is 4.93. The van der Waals surface area contributed by atoms with Crippen molar-refractivity contribution in [2.45, 2.75) is 40.8 Å². The van der Waals surface area contributed by atoms with Crippen LogP contribution in [0.2, 0.25) is 13.1 Å². The molecule has 4 aromatic rings. The second-order valence-corrected chi connectivity index (χ2v) is 13.0.